The number of thioether (sulfide) groups is 1. The number of hydrogen-bond acceptors (Lipinski definition) is 11. The number of aromatic hydroxyl groups is 1. The molecule has 4 rings (SSSR count). The number of carboxylic acids is 1. The van der Waals surface area contributed by atoms with Crippen LogP contribution in [0, 0.1) is 0 Å². The van der Waals surface area contributed by atoms with Gasteiger partial charge < -0.3 is 46.7 Å². The van der Waals surface area contributed by atoms with E-state index in [2.05, 4.69) is 35.1 Å². The predicted octanol–water partition coefficient (Wildman–Crippen LogP) is 4.42. The average Bonchev–Trinajstić information content (AvgIpc) is 3.73. The number of hydrogen-bond donors (Lipinski definition) is 7. The summed E-state index contributed by atoms with van der Waals surface area (Å²) in [4.78, 5) is 61.5. The molecule has 0 aromatic heterocycles. The fourth-order valence-electron chi connectivity index (χ4n) is 6.31. The molecule has 0 saturated heterocycles. The number of unbranched alkanes of at least 4 members (excludes halogenated alkanes) is 5. The van der Waals surface area contributed by atoms with Crippen molar-refractivity contribution >= 4 is 64.6 Å². The minimum Gasteiger partial charge on any atom is -0.508 e. The van der Waals surface area contributed by atoms with Crippen LogP contribution in [0.15, 0.2) is 72.8 Å². The molecule has 4 amide bonds. The first-order valence-electron chi connectivity index (χ1n) is 21.0. The number of ether oxygens (including phenoxy) is 2. The number of phenols is 1. The van der Waals surface area contributed by atoms with Crippen LogP contribution >= 0.6 is 24.2 Å². The maximum absolute atomic E-state index is 12.9. The van der Waals surface area contributed by atoms with E-state index < -0.39 is 71.6 Å². The molecule has 348 valence electrons. The second-order valence-corrected chi connectivity index (χ2v) is 18.0. The predicted molar refractivity (Wildman–Crippen MR) is 250 cm³/mol. The lowest BCUT2D eigenvalue weighted by Gasteiger charge is -2.22. The van der Waals surface area contributed by atoms with Crippen molar-refractivity contribution < 1.29 is 47.9 Å². The van der Waals surface area contributed by atoms with Gasteiger partial charge in [0.1, 0.15) is 17.8 Å². The Morgan fingerprint density at radius 3 is 2.08 bits per heavy atom. The number of halogens is 1. The van der Waals surface area contributed by atoms with Crippen molar-refractivity contribution in [1.82, 2.24) is 21.3 Å². The number of phenolic OH excluding ortho intramolecular Hbond substituents is 1. The normalized spacial score (nSPS) is 13.7. The summed E-state index contributed by atoms with van der Waals surface area (Å²) in [5, 5.41) is 28.8. The van der Waals surface area contributed by atoms with Crippen LogP contribution in [0.3, 0.4) is 0 Å². The molecule has 5 atom stereocenters. The van der Waals surface area contributed by atoms with Gasteiger partial charge in [-0.15, -0.1) is 12.4 Å². The molecule has 8 N–H and O–H groups in total. The Hall–Kier alpha value is -4.84. The Morgan fingerprint density at radius 2 is 1.40 bits per heavy atom. The number of rotatable bonds is 26. The molecule has 0 spiro atoms. The average molecular weight is 935 g/mol. The first-order valence-corrected chi connectivity index (χ1v) is 23.8. The standard InChI is InChI=1S/C27H35N5O7S.C18H28O3S.ClH/c1-40-12-11-21(27(38)39)32-26(37)22(14-17-5-3-2-4-6-17)31-24(35)16-29-23(34)15-30-25(36)20(28)13-18-7-9-19(33)10-8-18;1-3-4-5-6-7-8-11-22(19)15(2)12-16-9-10-17-18(13-16)21-14-20-17;/h2-10,20-22,33H,11-16,28H2,1H3,(H,29,34)(H,30,36)(H,31,35)(H,32,37)(H,38,39);9-10,13,15H,3-8,11-12,14H2,1-2H3;1H/t20-,21-,22-;;/m0../s1. The van der Waals surface area contributed by atoms with Crippen molar-refractivity contribution in [3.8, 4) is 17.2 Å². The Morgan fingerprint density at radius 1 is 0.762 bits per heavy atom. The highest BCUT2D eigenvalue weighted by atomic mass is 35.5. The highest BCUT2D eigenvalue weighted by Gasteiger charge is 2.27. The number of nitrogens with one attached hydrogen (secondary N) is 4. The fourth-order valence-corrected chi connectivity index (χ4v) is 8.05. The van der Waals surface area contributed by atoms with Crippen LogP contribution in [-0.2, 0) is 54.0 Å². The molecule has 0 fully saturated rings. The molecule has 1 heterocycles. The van der Waals surface area contributed by atoms with Crippen molar-refractivity contribution in [3.05, 3.63) is 89.5 Å². The van der Waals surface area contributed by atoms with E-state index in [1.54, 1.807) is 42.5 Å². The maximum atomic E-state index is 12.9. The molecule has 3 aromatic rings. The van der Waals surface area contributed by atoms with Gasteiger partial charge in [0.15, 0.2) is 11.5 Å². The molecule has 3 aromatic carbocycles. The van der Waals surface area contributed by atoms with E-state index in [1.165, 1.54) is 61.6 Å². The van der Waals surface area contributed by atoms with Gasteiger partial charge >= 0.3 is 5.97 Å². The summed E-state index contributed by atoms with van der Waals surface area (Å²) in [6, 6.07) is 18.0. The smallest absolute Gasteiger partial charge is 0.326 e. The molecule has 2 unspecified atom stereocenters. The number of carbonyl (C=O) groups excluding carboxylic acids is 4. The first-order chi connectivity index (χ1) is 29.8. The van der Waals surface area contributed by atoms with E-state index in [4.69, 9.17) is 15.2 Å². The van der Waals surface area contributed by atoms with Gasteiger partial charge in [-0.25, -0.2) is 4.79 Å². The monoisotopic (exact) mass is 933 g/mol. The van der Waals surface area contributed by atoms with Crippen molar-refractivity contribution in [2.24, 2.45) is 5.73 Å². The lowest BCUT2D eigenvalue weighted by atomic mass is 10.0. The van der Waals surface area contributed by atoms with Crippen LogP contribution in [0.25, 0.3) is 0 Å². The van der Waals surface area contributed by atoms with E-state index in [1.807, 2.05) is 24.5 Å². The number of amides is 4. The molecule has 1 aliphatic heterocycles. The van der Waals surface area contributed by atoms with Crippen LogP contribution in [0.4, 0.5) is 0 Å². The van der Waals surface area contributed by atoms with Crippen molar-refractivity contribution in [1.29, 1.82) is 0 Å². The summed E-state index contributed by atoms with van der Waals surface area (Å²) >= 11 is 1.45. The van der Waals surface area contributed by atoms with Gasteiger partial charge in [0.25, 0.3) is 0 Å². The molecule has 0 saturated carbocycles. The van der Waals surface area contributed by atoms with Crippen molar-refractivity contribution in [2.75, 3.05) is 37.6 Å². The van der Waals surface area contributed by atoms with Gasteiger partial charge in [0.05, 0.1) is 19.1 Å². The molecule has 0 aliphatic carbocycles. The van der Waals surface area contributed by atoms with E-state index in [-0.39, 0.29) is 42.7 Å². The molecule has 18 heteroatoms. The van der Waals surface area contributed by atoms with E-state index in [9.17, 15) is 38.4 Å². The maximum Gasteiger partial charge on any atom is 0.326 e. The van der Waals surface area contributed by atoms with E-state index in [0.717, 1.165) is 41.2 Å². The molecule has 1 aliphatic rings. The third-order valence-corrected chi connectivity index (χ3v) is 12.3. The summed E-state index contributed by atoms with van der Waals surface area (Å²) in [7, 11) is -0.743. The van der Waals surface area contributed by atoms with Crippen molar-refractivity contribution in [3.63, 3.8) is 0 Å². The van der Waals surface area contributed by atoms with Gasteiger partial charge in [-0.05, 0) is 78.6 Å². The summed E-state index contributed by atoms with van der Waals surface area (Å²) in [6.45, 7) is 3.73. The molecular formula is C45H64ClN5O10S2. The number of nitrogens with two attached hydrogens (primary N) is 1. The highest BCUT2D eigenvalue weighted by Crippen LogP contribution is 2.33. The van der Waals surface area contributed by atoms with Crippen LogP contribution in [0.2, 0.25) is 0 Å². The van der Waals surface area contributed by atoms with Crippen molar-refractivity contribution in [2.45, 2.75) is 101 Å². The SMILES string of the molecule is CCCCCCCCS(=O)C(C)Cc1ccc2c(c1)OCO2.CSCC[C@H](NC(=O)[C@H](Cc1ccccc1)NC(=O)CNC(=O)CNC(=O)[C@@H](N)Cc1ccc(O)cc1)C(=O)O.Cl. The Balaban J connectivity index is 0.000000500. The number of carbonyl (C=O) groups is 5. The third kappa shape index (κ3) is 21.4. The minimum atomic E-state index is -1.18. The lowest BCUT2D eigenvalue weighted by Crippen LogP contribution is -2.54. The molecular weight excluding hydrogens is 870 g/mol. The van der Waals surface area contributed by atoms with E-state index >= 15 is 0 Å². The first kappa shape index (κ1) is 54.3. The third-order valence-electron chi connectivity index (χ3n) is 9.87. The number of fused-ring (bicyclic) bond motifs is 1. The van der Waals surface area contributed by atoms with Gasteiger partial charge in [-0.2, -0.15) is 11.8 Å². The van der Waals surface area contributed by atoms with Gasteiger partial charge in [-0.1, -0.05) is 94.5 Å². The Labute approximate surface area is 383 Å². The summed E-state index contributed by atoms with van der Waals surface area (Å²) < 4.78 is 23.0. The van der Waals surface area contributed by atoms with Crippen LogP contribution in [0.1, 0.15) is 75.5 Å². The largest absolute Gasteiger partial charge is 0.508 e. The summed E-state index contributed by atoms with van der Waals surface area (Å²) in [5.41, 5.74) is 8.53. The number of carboxylic acid groups (broad SMARTS) is 1. The van der Waals surface area contributed by atoms with Crippen LogP contribution in [-0.4, -0.2) is 105 Å². The lowest BCUT2D eigenvalue weighted by molar-refractivity contribution is -0.142. The van der Waals surface area contributed by atoms with Gasteiger partial charge in [0.2, 0.25) is 30.4 Å². The molecule has 0 bridgehead atoms. The minimum absolute atomic E-state index is 0. The topological polar surface area (TPSA) is 235 Å². The zero-order chi connectivity index (χ0) is 45.3. The summed E-state index contributed by atoms with van der Waals surface area (Å²) in [5.74, 6) is -0.656. The van der Waals surface area contributed by atoms with Crippen LogP contribution < -0.4 is 36.5 Å². The Kier molecular flexibility index (Phi) is 26.1. The zero-order valence-electron chi connectivity index (χ0n) is 36.3. The highest BCUT2D eigenvalue weighted by molar-refractivity contribution is 7.98. The number of aliphatic carboxylic acids is 1. The molecule has 0 radical (unpaired) electrons. The van der Waals surface area contributed by atoms with E-state index in [0.29, 0.717) is 12.5 Å². The second-order valence-electron chi connectivity index (χ2n) is 15.0. The zero-order valence-corrected chi connectivity index (χ0v) is 38.8. The fraction of sp³-hybridized carbons (Fsp3) is 0.489. The van der Waals surface area contributed by atoms with Gasteiger partial charge in [0, 0.05) is 28.2 Å². The summed E-state index contributed by atoms with van der Waals surface area (Å²) in [6.07, 6.45) is 10.7. The van der Waals surface area contributed by atoms with Gasteiger partial charge in [-0.3, -0.25) is 23.4 Å². The quantitative estimate of drug-likeness (QED) is 0.0555. The second kappa shape index (κ2) is 30.3. The molecule has 15 nitrogen and oxygen atoms in total. The van der Waals surface area contributed by atoms with Crippen LogP contribution in [0.5, 0.6) is 17.2 Å². The Bertz CT molecular complexity index is 1890. The number of benzene rings is 3. The molecule has 63 heavy (non-hydrogen) atoms.